The van der Waals surface area contributed by atoms with E-state index in [9.17, 15) is 9.59 Å². The number of carboxylic acids is 1. The lowest BCUT2D eigenvalue weighted by Crippen LogP contribution is -2.38. The molecule has 1 aliphatic carbocycles. The predicted molar refractivity (Wildman–Crippen MR) is 74.5 cm³/mol. The molecule has 1 atom stereocenters. The highest BCUT2D eigenvalue weighted by Gasteiger charge is 2.34. The maximum Gasteiger partial charge on any atom is 0.305 e. The van der Waals surface area contributed by atoms with Gasteiger partial charge in [-0.15, -0.1) is 11.8 Å². The Morgan fingerprint density at radius 2 is 2.11 bits per heavy atom. The third kappa shape index (κ3) is 3.73. The molecule has 0 spiro atoms. The van der Waals surface area contributed by atoms with Crippen molar-refractivity contribution in [2.75, 3.05) is 6.26 Å². The van der Waals surface area contributed by atoms with Gasteiger partial charge in [0.25, 0.3) is 5.91 Å². The Kier molecular flexibility index (Phi) is 4.47. The van der Waals surface area contributed by atoms with Crippen LogP contribution in [0.15, 0.2) is 29.2 Å². The zero-order valence-corrected chi connectivity index (χ0v) is 11.6. The van der Waals surface area contributed by atoms with Gasteiger partial charge in [0.1, 0.15) is 0 Å². The van der Waals surface area contributed by atoms with Crippen molar-refractivity contribution in [2.24, 2.45) is 5.92 Å². The van der Waals surface area contributed by atoms with Gasteiger partial charge in [-0.25, -0.2) is 0 Å². The van der Waals surface area contributed by atoms with Gasteiger partial charge in [-0.1, -0.05) is 12.1 Å². The summed E-state index contributed by atoms with van der Waals surface area (Å²) in [7, 11) is 0. The molecule has 4 nitrogen and oxygen atoms in total. The number of carbonyl (C=O) groups is 2. The summed E-state index contributed by atoms with van der Waals surface area (Å²) >= 11 is 1.51. The lowest BCUT2D eigenvalue weighted by Gasteiger charge is -2.17. The highest BCUT2D eigenvalue weighted by Crippen LogP contribution is 2.34. The zero-order valence-electron chi connectivity index (χ0n) is 10.8. The van der Waals surface area contributed by atoms with Crippen LogP contribution in [0.1, 0.15) is 29.6 Å². The van der Waals surface area contributed by atoms with Gasteiger partial charge >= 0.3 is 5.97 Å². The van der Waals surface area contributed by atoms with Crippen LogP contribution in [0.3, 0.4) is 0 Å². The molecule has 0 saturated heterocycles. The Labute approximate surface area is 116 Å². The van der Waals surface area contributed by atoms with E-state index in [1.807, 2.05) is 24.5 Å². The molecule has 1 saturated carbocycles. The highest BCUT2D eigenvalue weighted by molar-refractivity contribution is 7.98. The van der Waals surface area contributed by atoms with Gasteiger partial charge in [0.05, 0.1) is 12.0 Å². The minimum absolute atomic E-state index is 0.00214. The van der Waals surface area contributed by atoms with Crippen molar-refractivity contribution < 1.29 is 14.7 Å². The van der Waals surface area contributed by atoms with Gasteiger partial charge in [-0.2, -0.15) is 0 Å². The van der Waals surface area contributed by atoms with Crippen molar-refractivity contribution in [1.29, 1.82) is 0 Å². The van der Waals surface area contributed by atoms with Crippen LogP contribution in [0.5, 0.6) is 0 Å². The van der Waals surface area contributed by atoms with Crippen LogP contribution in [0.4, 0.5) is 0 Å². The molecular formula is C14H17NO3S. The Bertz CT molecular complexity index is 485. The summed E-state index contributed by atoms with van der Waals surface area (Å²) in [5, 5.41) is 11.8. The lowest BCUT2D eigenvalue weighted by molar-refractivity contribution is -0.137. The molecule has 5 heteroatoms. The maximum atomic E-state index is 12.2. The van der Waals surface area contributed by atoms with E-state index in [1.165, 1.54) is 11.8 Å². The van der Waals surface area contributed by atoms with Gasteiger partial charge in [-0.05, 0) is 37.1 Å². The fourth-order valence-corrected chi connectivity index (χ4v) is 2.70. The van der Waals surface area contributed by atoms with Crippen molar-refractivity contribution in [3.63, 3.8) is 0 Å². The Morgan fingerprint density at radius 1 is 1.42 bits per heavy atom. The number of benzene rings is 1. The molecule has 1 fully saturated rings. The molecule has 0 bridgehead atoms. The van der Waals surface area contributed by atoms with Gasteiger partial charge in [0.15, 0.2) is 0 Å². The number of hydrogen-bond acceptors (Lipinski definition) is 3. The first kappa shape index (κ1) is 13.9. The summed E-state index contributed by atoms with van der Waals surface area (Å²) < 4.78 is 0. The monoisotopic (exact) mass is 279 g/mol. The summed E-state index contributed by atoms with van der Waals surface area (Å²) in [6, 6.07) is 7.12. The van der Waals surface area contributed by atoms with Crippen LogP contribution in [0.2, 0.25) is 0 Å². The Hall–Kier alpha value is -1.49. The minimum atomic E-state index is -0.865. The highest BCUT2D eigenvalue weighted by atomic mass is 32.2. The summed E-state index contributed by atoms with van der Waals surface area (Å²) in [5.41, 5.74) is 0.617. The van der Waals surface area contributed by atoms with Crippen molar-refractivity contribution in [1.82, 2.24) is 5.32 Å². The number of carbonyl (C=O) groups excluding carboxylic acids is 1. The molecular weight excluding hydrogens is 262 g/mol. The molecule has 0 radical (unpaired) electrons. The summed E-state index contributed by atoms with van der Waals surface area (Å²) in [6.45, 7) is 0. The Balaban J connectivity index is 2.08. The zero-order chi connectivity index (χ0) is 13.8. The van der Waals surface area contributed by atoms with Crippen LogP contribution in [0, 0.1) is 5.92 Å². The van der Waals surface area contributed by atoms with E-state index in [-0.39, 0.29) is 18.4 Å². The fourth-order valence-electron chi connectivity index (χ4n) is 2.10. The summed E-state index contributed by atoms with van der Waals surface area (Å²) in [5.74, 6) is -0.722. The number of hydrogen-bond donors (Lipinski definition) is 2. The fraction of sp³-hybridized carbons (Fsp3) is 0.429. The largest absolute Gasteiger partial charge is 0.481 e. The molecule has 1 aromatic carbocycles. The maximum absolute atomic E-state index is 12.2. The van der Waals surface area contributed by atoms with E-state index >= 15 is 0 Å². The van der Waals surface area contributed by atoms with Crippen molar-refractivity contribution in [2.45, 2.75) is 30.2 Å². The normalized spacial score (nSPS) is 15.8. The first-order valence-electron chi connectivity index (χ1n) is 6.27. The van der Waals surface area contributed by atoms with E-state index in [1.54, 1.807) is 6.07 Å². The molecule has 0 aromatic heterocycles. The van der Waals surface area contributed by atoms with Crippen LogP contribution < -0.4 is 5.32 Å². The summed E-state index contributed by atoms with van der Waals surface area (Å²) in [4.78, 5) is 24.0. The molecule has 0 heterocycles. The number of nitrogens with one attached hydrogen (secondary N) is 1. The molecule has 1 unspecified atom stereocenters. The second kappa shape index (κ2) is 6.10. The van der Waals surface area contributed by atoms with E-state index in [0.29, 0.717) is 11.5 Å². The Morgan fingerprint density at radius 3 is 2.68 bits per heavy atom. The van der Waals surface area contributed by atoms with Crippen LogP contribution in [-0.4, -0.2) is 29.3 Å². The van der Waals surface area contributed by atoms with Crippen molar-refractivity contribution >= 4 is 23.6 Å². The van der Waals surface area contributed by atoms with Crippen LogP contribution in [0.25, 0.3) is 0 Å². The first-order chi connectivity index (χ1) is 9.11. The molecule has 2 N–H and O–H groups in total. The van der Waals surface area contributed by atoms with E-state index in [2.05, 4.69) is 5.32 Å². The van der Waals surface area contributed by atoms with Crippen molar-refractivity contribution in [3.8, 4) is 0 Å². The molecule has 1 amide bonds. The van der Waals surface area contributed by atoms with E-state index < -0.39 is 5.97 Å². The van der Waals surface area contributed by atoms with E-state index in [4.69, 9.17) is 5.11 Å². The molecule has 19 heavy (non-hydrogen) atoms. The van der Waals surface area contributed by atoms with Crippen LogP contribution >= 0.6 is 11.8 Å². The lowest BCUT2D eigenvalue weighted by atomic mass is 10.1. The number of thioether (sulfide) groups is 1. The topological polar surface area (TPSA) is 66.4 Å². The number of aliphatic carboxylic acids is 1. The average molecular weight is 279 g/mol. The minimum Gasteiger partial charge on any atom is -0.481 e. The SMILES string of the molecule is CSc1ccccc1C(=O)NC(CC(=O)O)C1CC1. The third-order valence-electron chi connectivity index (χ3n) is 3.25. The first-order valence-corrected chi connectivity index (χ1v) is 7.50. The smallest absolute Gasteiger partial charge is 0.305 e. The molecule has 1 aliphatic rings. The molecule has 102 valence electrons. The number of amides is 1. The predicted octanol–water partition coefficient (Wildman–Crippen LogP) is 2.39. The standard InChI is InChI=1S/C14H17NO3S/c1-19-12-5-3-2-4-10(12)14(18)15-11(8-13(16)17)9-6-7-9/h2-5,9,11H,6-8H2,1H3,(H,15,18)(H,16,17). The molecule has 2 rings (SSSR count). The summed E-state index contributed by atoms with van der Waals surface area (Å²) in [6.07, 6.45) is 3.92. The van der Waals surface area contributed by atoms with Crippen molar-refractivity contribution in [3.05, 3.63) is 29.8 Å². The number of carboxylic acid groups (broad SMARTS) is 1. The van der Waals surface area contributed by atoms with Gasteiger partial charge in [0, 0.05) is 10.9 Å². The third-order valence-corrected chi connectivity index (χ3v) is 4.05. The average Bonchev–Trinajstić information content (AvgIpc) is 3.21. The van der Waals surface area contributed by atoms with E-state index in [0.717, 1.165) is 17.7 Å². The quantitative estimate of drug-likeness (QED) is 0.785. The molecule has 0 aliphatic heterocycles. The van der Waals surface area contributed by atoms with Gasteiger partial charge < -0.3 is 10.4 Å². The van der Waals surface area contributed by atoms with Gasteiger partial charge in [-0.3, -0.25) is 9.59 Å². The number of rotatable bonds is 6. The van der Waals surface area contributed by atoms with Crippen LogP contribution in [-0.2, 0) is 4.79 Å². The second-order valence-corrected chi connectivity index (χ2v) is 5.56. The molecule has 1 aromatic rings. The van der Waals surface area contributed by atoms with Gasteiger partial charge in [0.2, 0.25) is 0 Å². The second-order valence-electron chi connectivity index (χ2n) is 4.72.